The Bertz CT molecular complexity index is 729. The average molecular weight is 293 g/mol. The molecule has 0 saturated carbocycles. The van der Waals surface area contributed by atoms with E-state index >= 15 is 0 Å². The smallest absolute Gasteiger partial charge is 0.331 e. The lowest BCUT2D eigenvalue weighted by Gasteiger charge is -2.56. The number of rotatable bonds is 3. The fraction of sp³-hybridized carbons (Fsp3) is 0.222. The minimum Gasteiger partial charge on any atom is -0.331 e. The maximum absolute atomic E-state index is 12.7. The first-order valence-corrected chi connectivity index (χ1v) is 7.50. The first-order valence-electron chi connectivity index (χ1n) is 7.50. The second-order valence-corrected chi connectivity index (χ2v) is 6.07. The van der Waals surface area contributed by atoms with Crippen molar-refractivity contribution in [1.82, 2.24) is 5.32 Å². The molecule has 2 aromatic rings. The third-order valence-corrected chi connectivity index (χ3v) is 4.74. The number of hydrogen-bond donors (Lipinski definition) is 1. The maximum Gasteiger partial charge on any atom is 0.344 e. The summed E-state index contributed by atoms with van der Waals surface area (Å²) in [5, 5.41) is 2.85. The van der Waals surface area contributed by atoms with E-state index in [1.165, 1.54) is 0 Å². The van der Waals surface area contributed by atoms with Gasteiger partial charge in [-0.3, -0.25) is 4.79 Å². The number of hydrogen-bond acceptors (Lipinski definition) is 2. The van der Waals surface area contributed by atoms with Crippen LogP contribution in [0.1, 0.15) is 17.2 Å². The first kappa shape index (κ1) is 13.2. The minimum absolute atomic E-state index is 0.0200. The molecule has 0 spiro atoms. The predicted molar refractivity (Wildman–Crippen MR) is 81.4 cm³/mol. The number of carbonyl (C=O) groups is 2. The molecule has 3 heterocycles. The minimum atomic E-state index is -0.382. The van der Waals surface area contributed by atoms with Crippen molar-refractivity contribution in [3.8, 4) is 0 Å². The van der Waals surface area contributed by atoms with Crippen LogP contribution in [0.2, 0.25) is 0 Å². The zero-order valence-corrected chi connectivity index (χ0v) is 12.1. The highest BCUT2D eigenvalue weighted by molar-refractivity contribution is 5.94. The molecule has 22 heavy (non-hydrogen) atoms. The van der Waals surface area contributed by atoms with Gasteiger partial charge in [0.2, 0.25) is 6.04 Å². The largest absolute Gasteiger partial charge is 0.344 e. The lowest BCUT2D eigenvalue weighted by Crippen LogP contribution is -2.82. The monoisotopic (exact) mass is 293 g/mol. The fourth-order valence-corrected chi connectivity index (χ4v) is 3.81. The van der Waals surface area contributed by atoms with Crippen LogP contribution in [-0.4, -0.2) is 28.9 Å². The van der Waals surface area contributed by atoms with Gasteiger partial charge in [0.25, 0.3) is 5.91 Å². The van der Waals surface area contributed by atoms with E-state index in [0.717, 1.165) is 11.1 Å². The van der Waals surface area contributed by atoms with Gasteiger partial charge in [0.05, 0.1) is 0 Å². The van der Waals surface area contributed by atoms with Gasteiger partial charge in [-0.2, -0.15) is 0 Å². The molecule has 1 N–H and O–H groups in total. The molecule has 2 aromatic carbocycles. The summed E-state index contributed by atoms with van der Waals surface area (Å²) in [6.45, 7) is 0.799. The van der Waals surface area contributed by atoms with Gasteiger partial charge >= 0.3 is 5.91 Å². The second-order valence-electron chi connectivity index (χ2n) is 6.07. The summed E-state index contributed by atoms with van der Waals surface area (Å²) >= 11 is 0. The number of nitrogens with zero attached hydrogens (tertiary/aromatic N) is 1. The number of piperazine rings is 2. The molecule has 3 saturated heterocycles. The number of fused-ring (bicyclic) bond motifs is 2. The van der Waals surface area contributed by atoms with Crippen molar-refractivity contribution in [1.29, 1.82) is 0 Å². The fourth-order valence-electron chi connectivity index (χ4n) is 3.81. The van der Waals surface area contributed by atoms with Crippen LogP contribution in [0.25, 0.3) is 0 Å². The molecular formula is C18H17N2O2+. The van der Waals surface area contributed by atoms with Crippen molar-refractivity contribution in [3.05, 3.63) is 71.8 Å². The Kier molecular flexibility index (Phi) is 2.87. The molecule has 3 atom stereocenters. The lowest BCUT2D eigenvalue weighted by molar-refractivity contribution is -0.925. The molecule has 0 aliphatic carbocycles. The van der Waals surface area contributed by atoms with Crippen LogP contribution in [0.5, 0.6) is 0 Å². The summed E-state index contributed by atoms with van der Waals surface area (Å²) < 4.78 is 0.213. The first-order chi connectivity index (χ1) is 10.7. The molecule has 110 valence electrons. The van der Waals surface area contributed by atoms with Crippen molar-refractivity contribution >= 4 is 11.8 Å². The normalized spacial score (nSPS) is 29.6. The molecular weight excluding hydrogens is 276 g/mol. The van der Waals surface area contributed by atoms with Gasteiger partial charge in [0.1, 0.15) is 6.54 Å². The summed E-state index contributed by atoms with van der Waals surface area (Å²) in [5.74, 6) is 0.0880. The number of quaternary nitrogens is 1. The molecule has 3 fully saturated rings. The van der Waals surface area contributed by atoms with E-state index in [0.29, 0.717) is 6.54 Å². The second kappa shape index (κ2) is 4.78. The van der Waals surface area contributed by atoms with E-state index < -0.39 is 0 Å². The number of β-lactam (4-membered cyclic amide) rings is 1. The van der Waals surface area contributed by atoms with Crippen LogP contribution in [0.15, 0.2) is 60.7 Å². The van der Waals surface area contributed by atoms with Crippen molar-refractivity contribution in [2.24, 2.45) is 0 Å². The third-order valence-electron chi connectivity index (χ3n) is 4.74. The molecule has 3 aliphatic rings. The van der Waals surface area contributed by atoms with Crippen LogP contribution < -0.4 is 5.32 Å². The van der Waals surface area contributed by atoms with Gasteiger partial charge in [-0.25, -0.2) is 9.28 Å². The van der Waals surface area contributed by atoms with E-state index in [4.69, 9.17) is 0 Å². The summed E-state index contributed by atoms with van der Waals surface area (Å²) in [5.41, 5.74) is 2.20. The molecule has 4 heteroatoms. The van der Waals surface area contributed by atoms with Crippen LogP contribution >= 0.6 is 0 Å². The Morgan fingerprint density at radius 1 is 0.955 bits per heavy atom. The SMILES string of the molecule is O=C1C[N+]2(Cc3ccccc3)C(=O)C(N1)C2c1ccccc1. The molecule has 0 radical (unpaired) electrons. The van der Waals surface area contributed by atoms with Gasteiger partial charge in [-0.1, -0.05) is 60.7 Å². The number of carbonyl (C=O) groups excluding carboxylic acids is 2. The van der Waals surface area contributed by atoms with Crippen LogP contribution in [0, 0.1) is 0 Å². The van der Waals surface area contributed by atoms with Crippen LogP contribution in [0.3, 0.4) is 0 Å². The highest BCUT2D eigenvalue weighted by atomic mass is 16.2. The van der Waals surface area contributed by atoms with E-state index in [9.17, 15) is 9.59 Å². The van der Waals surface area contributed by atoms with Gasteiger partial charge < -0.3 is 5.32 Å². The summed E-state index contributed by atoms with van der Waals surface area (Å²) in [6.07, 6.45) is 0. The number of nitrogens with one attached hydrogen (secondary N) is 1. The Morgan fingerprint density at radius 2 is 1.59 bits per heavy atom. The number of amides is 2. The third kappa shape index (κ3) is 1.81. The van der Waals surface area contributed by atoms with Crippen LogP contribution in [-0.2, 0) is 16.1 Å². The van der Waals surface area contributed by atoms with Gasteiger partial charge in [0, 0.05) is 11.1 Å². The summed E-state index contributed by atoms with van der Waals surface area (Å²) in [7, 11) is 0. The average Bonchev–Trinajstić information content (AvgIpc) is 2.55. The van der Waals surface area contributed by atoms with Gasteiger partial charge in [-0.15, -0.1) is 0 Å². The zero-order chi connectivity index (χ0) is 15.2. The highest BCUT2D eigenvalue weighted by Crippen LogP contribution is 2.46. The standard InChI is InChI=1S/C18H16N2O2/c21-15-12-20(11-13-7-3-1-4-8-13)17(16(19-15)18(20)22)14-9-5-2-6-10-14/h1-10,16-17H,11-12H2/p+1. The molecule has 2 bridgehead atoms. The van der Waals surface area contributed by atoms with Crippen LogP contribution in [0.4, 0.5) is 0 Å². The number of benzene rings is 2. The van der Waals surface area contributed by atoms with E-state index in [2.05, 4.69) is 5.32 Å². The zero-order valence-electron chi connectivity index (χ0n) is 12.1. The topological polar surface area (TPSA) is 46.2 Å². The lowest BCUT2D eigenvalue weighted by atomic mass is 9.81. The molecule has 3 aliphatic heterocycles. The van der Waals surface area contributed by atoms with Crippen molar-refractivity contribution < 1.29 is 14.1 Å². The maximum atomic E-state index is 12.7. The van der Waals surface area contributed by atoms with Crippen molar-refractivity contribution in [3.63, 3.8) is 0 Å². The quantitative estimate of drug-likeness (QED) is 0.692. The molecule has 3 unspecified atom stereocenters. The van der Waals surface area contributed by atoms with E-state index in [1.807, 2.05) is 60.7 Å². The molecule has 0 aromatic heterocycles. The van der Waals surface area contributed by atoms with Gasteiger partial charge in [-0.05, 0) is 0 Å². The highest BCUT2D eigenvalue weighted by Gasteiger charge is 2.68. The molecule has 5 rings (SSSR count). The van der Waals surface area contributed by atoms with E-state index in [1.54, 1.807) is 0 Å². The predicted octanol–water partition coefficient (Wildman–Crippen LogP) is 1.78. The summed E-state index contributed by atoms with van der Waals surface area (Å²) in [4.78, 5) is 24.6. The Labute approximate surface area is 129 Å². The Hall–Kier alpha value is -2.46. The Balaban J connectivity index is 1.75. The molecule has 2 amide bonds. The molecule has 4 nitrogen and oxygen atoms in total. The summed E-state index contributed by atoms with van der Waals surface area (Å²) in [6, 6.07) is 19.6. The Morgan fingerprint density at radius 3 is 2.27 bits per heavy atom. The van der Waals surface area contributed by atoms with Crippen molar-refractivity contribution in [2.75, 3.05) is 6.54 Å². The van der Waals surface area contributed by atoms with Crippen molar-refractivity contribution in [2.45, 2.75) is 18.6 Å². The van der Waals surface area contributed by atoms with Gasteiger partial charge in [0.15, 0.2) is 12.6 Å². The van der Waals surface area contributed by atoms with E-state index in [-0.39, 0.29) is 34.9 Å².